The van der Waals surface area contributed by atoms with Crippen LogP contribution in [0.3, 0.4) is 0 Å². The van der Waals surface area contributed by atoms with Gasteiger partial charge < -0.3 is 10.5 Å². The van der Waals surface area contributed by atoms with E-state index in [1.807, 2.05) is 31.2 Å². The first-order valence-corrected chi connectivity index (χ1v) is 6.94. The summed E-state index contributed by atoms with van der Waals surface area (Å²) in [7, 11) is 0. The van der Waals surface area contributed by atoms with E-state index in [-0.39, 0.29) is 6.10 Å². The van der Waals surface area contributed by atoms with Crippen molar-refractivity contribution >= 4 is 23.4 Å². The van der Waals surface area contributed by atoms with E-state index in [1.165, 1.54) is 5.56 Å². The van der Waals surface area contributed by atoms with Crippen LogP contribution in [0.5, 0.6) is 0 Å². The van der Waals surface area contributed by atoms with Crippen LogP contribution in [0.2, 0.25) is 5.02 Å². The summed E-state index contributed by atoms with van der Waals surface area (Å²) in [5, 5.41) is 0.829. The number of halogens is 1. The number of benzene rings is 1. The third kappa shape index (κ3) is 4.74. The summed E-state index contributed by atoms with van der Waals surface area (Å²) >= 11 is 7.87. The number of thioether (sulfide) groups is 1. The lowest BCUT2D eigenvalue weighted by molar-refractivity contribution is 0.0858. The Labute approximate surface area is 107 Å². The number of nitrogens with two attached hydrogens (primary N) is 1. The van der Waals surface area contributed by atoms with Gasteiger partial charge in [-0.25, -0.2) is 0 Å². The lowest BCUT2D eigenvalue weighted by Gasteiger charge is -2.14. The van der Waals surface area contributed by atoms with Gasteiger partial charge in [0.1, 0.15) is 0 Å². The quantitative estimate of drug-likeness (QED) is 0.818. The van der Waals surface area contributed by atoms with E-state index in [1.54, 1.807) is 11.8 Å². The molecule has 0 radical (unpaired) electrons. The molecule has 1 aromatic rings. The smallest absolute Gasteiger partial charge is 0.0787 e. The van der Waals surface area contributed by atoms with Gasteiger partial charge in [-0.3, -0.25) is 0 Å². The second-order valence-corrected chi connectivity index (χ2v) is 4.86. The average Bonchev–Trinajstić information content (AvgIpc) is 2.30. The van der Waals surface area contributed by atoms with Crippen molar-refractivity contribution in [1.82, 2.24) is 0 Å². The second-order valence-electron chi connectivity index (χ2n) is 3.42. The highest BCUT2D eigenvalue weighted by Gasteiger charge is 2.06. The highest BCUT2D eigenvalue weighted by Crippen LogP contribution is 2.21. The first-order chi connectivity index (χ1) is 7.77. The molecule has 2 nitrogen and oxygen atoms in total. The average molecular weight is 260 g/mol. The molecule has 0 amide bonds. The van der Waals surface area contributed by atoms with Crippen LogP contribution in [0.4, 0.5) is 0 Å². The fraction of sp³-hybridized carbons (Fsp3) is 0.500. The van der Waals surface area contributed by atoms with Crippen LogP contribution in [0.25, 0.3) is 0 Å². The number of hydrogen-bond acceptors (Lipinski definition) is 3. The molecule has 1 rings (SSSR count). The minimum Gasteiger partial charge on any atom is -0.376 e. The van der Waals surface area contributed by atoms with Crippen molar-refractivity contribution in [2.24, 2.45) is 5.73 Å². The Morgan fingerprint density at radius 2 is 2.19 bits per heavy atom. The van der Waals surface area contributed by atoms with Crippen LogP contribution in [-0.4, -0.2) is 25.0 Å². The van der Waals surface area contributed by atoms with Crippen molar-refractivity contribution < 1.29 is 4.74 Å². The van der Waals surface area contributed by atoms with E-state index >= 15 is 0 Å². The molecule has 2 N–H and O–H groups in total. The number of ether oxygens (including phenoxy) is 1. The van der Waals surface area contributed by atoms with Gasteiger partial charge in [-0.05, 0) is 18.6 Å². The third-order valence-electron chi connectivity index (χ3n) is 2.18. The maximum atomic E-state index is 6.07. The molecule has 0 aliphatic carbocycles. The maximum Gasteiger partial charge on any atom is 0.0787 e. The van der Waals surface area contributed by atoms with Crippen LogP contribution in [0, 0.1) is 0 Å². The summed E-state index contributed by atoms with van der Waals surface area (Å²) in [6.45, 7) is 3.28. The van der Waals surface area contributed by atoms with Crippen LogP contribution < -0.4 is 5.73 Å². The molecule has 4 heteroatoms. The summed E-state index contributed by atoms with van der Waals surface area (Å²) in [6, 6.07) is 7.91. The standard InChI is InChI=1S/C12H18ClNOS/c1-2-15-11(7-14)9-16-8-10-5-3-4-6-12(10)13/h3-6,11H,2,7-9,14H2,1H3. The zero-order valence-electron chi connectivity index (χ0n) is 9.49. The van der Waals surface area contributed by atoms with Crippen molar-refractivity contribution in [3.63, 3.8) is 0 Å². The van der Waals surface area contributed by atoms with Crippen molar-refractivity contribution in [2.75, 3.05) is 18.9 Å². The molecule has 0 saturated carbocycles. The van der Waals surface area contributed by atoms with Gasteiger partial charge in [0.15, 0.2) is 0 Å². The molecule has 90 valence electrons. The molecule has 0 heterocycles. The predicted molar refractivity (Wildman–Crippen MR) is 72.1 cm³/mol. The van der Waals surface area contributed by atoms with E-state index in [0.717, 1.165) is 16.5 Å². The van der Waals surface area contributed by atoms with Crippen LogP contribution in [0.15, 0.2) is 24.3 Å². The molecule has 16 heavy (non-hydrogen) atoms. The molecule has 1 aromatic carbocycles. The van der Waals surface area contributed by atoms with Crippen LogP contribution in [-0.2, 0) is 10.5 Å². The minimum atomic E-state index is 0.150. The fourth-order valence-electron chi connectivity index (χ4n) is 1.34. The van der Waals surface area contributed by atoms with Gasteiger partial charge in [-0.1, -0.05) is 29.8 Å². The van der Waals surface area contributed by atoms with Crippen LogP contribution in [0.1, 0.15) is 12.5 Å². The molecule has 0 aliphatic rings. The molecule has 0 bridgehead atoms. The largest absolute Gasteiger partial charge is 0.376 e. The molecule has 0 spiro atoms. The molecule has 1 unspecified atom stereocenters. The maximum absolute atomic E-state index is 6.07. The zero-order chi connectivity index (χ0) is 11.8. The summed E-state index contributed by atoms with van der Waals surface area (Å²) in [5.41, 5.74) is 6.77. The lowest BCUT2D eigenvalue weighted by atomic mass is 10.2. The van der Waals surface area contributed by atoms with Crippen molar-refractivity contribution in [3.8, 4) is 0 Å². The van der Waals surface area contributed by atoms with Crippen molar-refractivity contribution in [3.05, 3.63) is 34.9 Å². The van der Waals surface area contributed by atoms with Crippen molar-refractivity contribution in [1.29, 1.82) is 0 Å². The topological polar surface area (TPSA) is 35.2 Å². The molecule has 0 saturated heterocycles. The summed E-state index contributed by atoms with van der Waals surface area (Å²) in [4.78, 5) is 0. The highest BCUT2D eigenvalue weighted by atomic mass is 35.5. The molecule has 0 aliphatic heterocycles. The minimum absolute atomic E-state index is 0.150. The summed E-state index contributed by atoms with van der Waals surface area (Å²) < 4.78 is 5.48. The normalized spacial score (nSPS) is 12.7. The van der Waals surface area contributed by atoms with Gasteiger partial charge >= 0.3 is 0 Å². The third-order valence-corrected chi connectivity index (χ3v) is 3.68. The Morgan fingerprint density at radius 1 is 1.44 bits per heavy atom. The SMILES string of the molecule is CCOC(CN)CSCc1ccccc1Cl. The first kappa shape index (κ1) is 13.8. The Balaban J connectivity index is 2.32. The summed E-state index contributed by atoms with van der Waals surface area (Å²) in [6.07, 6.45) is 0.150. The van der Waals surface area contributed by atoms with Gasteiger partial charge in [-0.15, -0.1) is 0 Å². The Bertz CT molecular complexity index is 309. The van der Waals surface area contributed by atoms with Crippen LogP contribution >= 0.6 is 23.4 Å². The number of rotatable bonds is 7. The van der Waals surface area contributed by atoms with Gasteiger partial charge in [0, 0.05) is 29.7 Å². The zero-order valence-corrected chi connectivity index (χ0v) is 11.1. The Morgan fingerprint density at radius 3 is 2.81 bits per heavy atom. The van der Waals surface area contributed by atoms with E-state index in [0.29, 0.717) is 13.2 Å². The fourth-order valence-corrected chi connectivity index (χ4v) is 2.70. The molecular weight excluding hydrogens is 242 g/mol. The van der Waals surface area contributed by atoms with E-state index in [4.69, 9.17) is 22.1 Å². The van der Waals surface area contributed by atoms with E-state index < -0.39 is 0 Å². The van der Waals surface area contributed by atoms with E-state index in [2.05, 4.69) is 0 Å². The predicted octanol–water partition coefficient (Wildman–Crippen LogP) is 2.94. The molecule has 0 fully saturated rings. The van der Waals surface area contributed by atoms with Gasteiger partial charge in [-0.2, -0.15) is 11.8 Å². The molecule has 0 aromatic heterocycles. The van der Waals surface area contributed by atoms with Gasteiger partial charge in [0.25, 0.3) is 0 Å². The molecular formula is C12H18ClNOS. The van der Waals surface area contributed by atoms with Gasteiger partial charge in [0.05, 0.1) is 6.10 Å². The monoisotopic (exact) mass is 259 g/mol. The number of hydrogen-bond donors (Lipinski definition) is 1. The van der Waals surface area contributed by atoms with Gasteiger partial charge in [0.2, 0.25) is 0 Å². The lowest BCUT2D eigenvalue weighted by Crippen LogP contribution is -2.26. The second kappa shape index (κ2) is 7.96. The Kier molecular flexibility index (Phi) is 6.88. The summed E-state index contributed by atoms with van der Waals surface area (Å²) in [5.74, 6) is 1.82. The Hall–Kier alpha value is -0.220. The molecule has 1 atom stereocenters. The van der Waals surface area contributed by atoms with Crippen molar-refractivity contribution in [2.45, 2.75) is 18.8 Å². The highest BCUT2D eigenvalue weighted by molar-refractivity contribution is 7.98. The first-order valence-electron chi connectivity index (χ1n) is 5.40. The van der Waals surface area contributed by atoms with E-state index in [9.17, 15) is 0 Å².